The number of rotatable bonds is 9. The second kappa shape index (κ2) is 11.2. The van der Waals surface area contributed by atoms with Crippen LogP contribution in [-0.4, -0.2) is 54.8 Å². The first-order chi connectivity index (χ1) is 13.4. The number of nitrogens with zero attached hydrogens (tertiary/aromatic N) is 2. The van der Waals surface area contributed by atoms with E-state index in [0.29, 0.717) is 12.5 Å². The van der Waals surface area contributed by atoms with Gasteiger partial charge in [0.1, 0.15) is 0 Å². The third-order valence-electron chi connectivity index (χ3n) is 5.90. The second-order valence-corrected chi connectivity index (χ2v) is 8.14. The van der Waals surface area contributed by atoms with Gasteiger partial charge in [-0.2, -0.15) is 0 Å². The van der Waals surface area contributed by atoms with Crippen molar-refractivity contribution in [3.8, 4) is 0 Å². The third kappa shape index (κ3) is 6.62. The fourth-order valence-corrected chi connectivity index (χ4v) is 3.69. The van der Waals surface area contributed by atoms with Crippen molar-refractivity contribution in [2.75, 3.05) is 38.5 Å². The van der Waals surface area contributed by atoms with E-state index in [1.54, 1.807) is 0 Å². The van der Waals surface area contributed by atoms with Crippen LogP contribution >= 0.6 is 0 Å². The Balaban J connectivity index is 1.75. The Morgan fingerprint density at radius 2 is 1.82 bits per heavy atom. The van der Waals surface area contributed by atoms with E-state index in [0.717, 1.165) is 57.4 Å². The summed E-state index contributed by atoms with van der Waals surface area (Å²) in [5, 5.41) is 2.99. The molecule has 1 N–H and O–H groups in total. The van der Waals surface area contributed by atoms with E-state index >= 15 is 0 Å². The van der Waals surface area contributed by atoms with Gasteiger partial charge in [0.15, 0.2) is 0 Å². The topological polar surface area (TPSA) is 52.7 Å². The minimum atomic E-state index is 0.0149. The molecule has 1 saturated heterocycles. The van der Waals surface area contributed by atoms with Crippen LogP contribution in [0.4, 0.5) is 5.69 Å². The largest absolute Gasteiger partial charge is 0.346 e. The minimum absolute atomic E-state index is 0.0149. The number of nitrogens with one attached hydrogen (secondary N) is 1. The van der Waals surface area contributed by atoms with Gasteiger partial charge in [0.25, 0.3) is 0 Å². The smallest absolute Gasteiger partial charge is 0.238 e. The molecule has 1 aliphatic heterocycles. The van der Waals surface area contributed by atoms with Crippen molar-refractivity contribution in [2.45, 2.75) is 58.8 Å². The molecule has 28 heavy (non-hydrogen) atoms. The van der Waals surface area contributed by atoms with Crippen LogP contribution in [0.1, 0.15) is 64.4 Å². The number of unbranched alkanes of at least 4 members (excludes halogenated alkanes) is 1. The van der Waals surface area contributed by atoms with E-state index in [9.17, 15) is 9.59 Å². The molecule has 1 aromatic carbocycles. The summed E-state index contributed by atoms with van der Waals surface area (Å²) in [5.41, 5.74) is 2.15. The molecule has 2 rings (SSSR count). The lowest BCUT2D eigenvalue weighted by atomic mass is 9.95. The van der Waals surface area contributed by atoms with Gasteiger partial charge in [-0.25, -0.2) is 0 Å². The molecule has 1 unspecified atom stereocenters. The zero-order valence-electron chi connectivity index (χ0n) is 18.0. The Morgan fingerprint density at radius 3 is 2.39 bits per heavy atom. The normalized spacial score (nSPS) is 16.6. The molecule has 1 atom stereocenters. The van der Waals surface area contributed by atoms with E-state index in [-0.39, 0.29) is 17.7 Å². The average molecular weight is 388 g/mol. The number of carbonyl (C=O) groups excluding carboxylic acids is 2. The minimum Gasteiger partial charge on any atom is -0.346 e. The first-order valence-electron chi connectivity index (χ1n) is 10.8. The maximum absolute atomic E-state index is 12.5. The van der Waals surface area contributed by atoms with E-state index in [4.69, 9.17) is 0 Å². The molecule has 1 fully saturated rings. The Morgan fingerprint density at radius 1 is 1.18 bits per heavy atom. The van der Waals surface area contributed by atoms with Crippen LogP contribution in [0.25, 0.3) is 0 Å². The van der Waals surface area contributed by atoms with Gasteiger partial charge >= 0.3 is 0 Å². The Bertz CT molecular complexity index is 621. The predicted molar refractivity (Wildman–Crippen MR) is 115 cm³/mol. The van der Waals surface area contributed by atoms with E-state index < -0.39 is 0 Å². The monoisotopic (exact) mass is 387 g/mol. The molecule has 0 spiro atoms. The third-order valence-corrected chi connectivity index (χ3v) is 5.90. The number of hydrogen-bond acceptors (Lipinski definition) is 3. The van der Waals surface area contributed by atoms with Crippen molar-refractivity contribution in [1.29, 1.82) is 0 Å². The lowest BCUT2D eigenvalue weighted by Crippen LogP contribution is -2.43. The summed E-state index contributed by atoms with van der Waals surface area (Å²) in [5.74, 6) is 0.920. The van der Waals surface area contributed by atoms with Crippen molar-refractivity contribution in [3.63, 3.8) is 0 Å². The van der Waals surface area contributed by atoms with E-state index in [1.165, 1.54) is 5.56 Å². The standard InChI is InChI=1S/C23H37N3O2/c1-5-7-14-25(4)23(28)20-12-15-26(16-13-20)17-22(27)24-21-10-8-19(9-11-21)18(3)6-2/h8-11,18,20H,5-7,12-17H2,1-4H3,(H,24,27). The van der Waals surface area contributed by atoms with Gasteiger partial charge in [0.05, 0.1) is 6.54 Å². The highest BCUT2D eigenvalue weighted by Crippen LogP contribution is 2.21. The molecule has 0 radical (unpaired) electrons. The van der Waals surface area contributed by atoms with Crippen LogP contribution in [0.5, 0.6) is 0 Å². The average Bonchev–Trinajstić information content (AvgIpc) is 2.71. The van der Waals surface area contributed by atoms with E-state index in [2.05, 4.69) is 43.1 Å². The molecule has 0 aliphatic carbocycles. The second-order valence-electron chi connectivity index (χ2n) is 8.14. The summed E-state index contributed by atoms with van der Waals surface area (Å²) >= 11 is 0. The molecule has 156 valence electrons. The number of benzene rings is 1. The lowest BCUT2D eigenvalue weighted by Gasteiger charge is -2.32. The molecular weight excluding hydrogens is 350 g/mol. The SMILES string of the molecule is CCCCN(C)C(=O)C1CCN(CC(=O)Nc2ccc(C(C)CC)cc2)CC1. The first-order valence-corrected chi connectivity index (χ1v) is 10.8. The molecule has 0 bridgehead atoms. The first kappa shape index (κ1) is 22.4. The van der Waals surface area contributed by atoms with Gasteiger partial charge in [0, 0.05) is 25.2 Å². The van der Waals surface area contributed by atoms with Crippen LogP contribution in [0.2, 0.25) is 0 Å². The quantitative estimate of drug-likeness (QED) is 0.694. The van der Waals surface area contributed by atoms with Gasteiger partial charge in [-0.1, -0.05) is 39.3 Å². The summed E-state index contributed by atoms with van der Waals surface area (Å²) in [6.45, 7) is 9.37. The van der Waals surface area contributed by atoms with Crippen LogP contribution in [0.15, 0.2) is 24.3 Å². The van der Waals surface area contributed by atoms with Gasteiger partial charge in [-0.3, -0.25) is 14.5 Å². The molecular formula is C23H37N3O2. The highest BCUT2D eigenvalue weighted by atomic mass is 16.2. The van der Waals surface area contributed by atoms with Crippen molar-refractivity contribution in [2.24, 2.45) is 5.92 Å². The number of carbonyl (C=O) groups is 2. The Kier molecular flexibility index (Phi) is 8.97. The van der Waals surface area contributed by atoms with Crippen molar-refractivity contribution < 1.29 is 9.59 Å². The highest BCUT2D eigenvalue weighted by molar-refractivity contribution is 5.92. The number of likely N-dealkylation sites (tertiary alicyclic amines) is 1. The van der Waals surface area contributed by atoms with Crippen LogP contribution in [0, 0.1) is 5.92 Å². The molecule has 1 heterocycles. The fourth-order valence-electron chi connectivity index (χ4n) is 3.69. The van der Waals surface area contributed by atoms with Crippen LogP contribution < -0.4 is 5.32 Å². The number of anilines is 1. The number of piperidine rings is 1. The molecule has 0 saturated carbocycles. The van der Waals surface area contributed by atoms with Crippen molar-refractivity contribution >= 4 is 17.5 Å². The summed E-state index contributed by atoms with van der Waals surface area (Å²) in [4.78, 5) is 28.9. The zero-order valence-corrected chi connectivity index (χ0v) is 18.0. The fraction of sp³-hybridized carbons (Fsp3) is 0.652. The molecule has 2 amide bonds. The van der Waals surface area contributed by atoms with Gasteiger partial charge in [-0.05, 0) is 62.4 Å². The predicted octanol–water partition coefficient (Wildman–Crippen LogP) is 4.11. The lowest BCUT2D eigenvalue weighted by molar-refractivity contribution is -0.135. The van der Waals surface area contributed by atoms with Crippen molar-refractivity contribution in [1.82, 2.24) is 9.80 Å². The zero-order chi connectivity index (χ0) is 20.5. The van der Waals surface area contributed by atoms with Crippen molar-refractivity contribution in [3.05, 3.63) is 29.8 Å². The van der Waals surface area contributed by atoms with Gasteiger partial charge < -0.3 is 10.2 Å². The molecule has 5 nitrogen and oxygen atoms in total. The Labute approximate surface area is 170 Å². The summed E-state index contributed by atoms with van der Waals surface area (Å²) in [7, 11) is 1.91. The number of amides is 2. The maximum atomic E-state index is 12.5. The van der Waals surface area contributed by atoms with E-state index in [1.807, 2.05) is 24.1 Å². The molecule has 0 aromatic heterocycles. The van der Waals surface area contributed by atoms with Gasteiger partial charge in [0.2, 0.25) is 11.8 Å². The molecule has 1 aliphatic rings. The van der Waals surface area contributed by atoms with Crippen LogP contribution in [0.3, 0.4) is 0 Å². The molecule has 1 aromatic rings. The number of hydrogen-bond donors (Lipinski definition) is 1. The summed E-state index contributed by atoms with van der Waals surface area (Å²) in [6.07, 6.45) is 4.95. The Hall–Kier alpha value is -1.88. The highest BCUT2D eigenvalue weighted by Gasteiger charge is 2.27. The maximum Gasteiger partial charge on any atom is 0.238 e. The summed E-state index contributed by atoms with van der Waals surface area (Å²) in [6, 6.07) is 8.15. The van der Waals surface area contributed by atoms with Crippen LogP contribution in [-0.2, 0) is 9.59 Å². The van der Waals surface area contributed by atoms with Gasteiger partial charge in [-0.15, -0.1) is 0 Å². The molecule has 5 heteroatoms. The summed E-state index contributed by atoms with van der Waals surface area (Å²) < 4.78 is 0.